The summed E-state index contributed by atoms with van der Waals surface area (Å²) in [6.45, 7) is 5.07. The van der Waals surface area contributed by atoms with Crippen molar-refractivity contribution in [1.29, 1.82) is 0 Å². The Bertz CT molecular complexity index is 101. The van der Waals surface area contributed by atoms with E-state index in [0.29, 0.717) is 5.57 Å². The summed E-state index contributed by atoms with van der Waals surface area (Å²) in [4.78, 5) is 9.65. The van der Waals surface area contributed by atoms with Crippen LogP contribution < -0.4 is 0 Å². The van der Waals surface area contributed by atoms with E-state index in [0.717, 1.165) is 0 Å². The van der Waals surface area contributed by atoms with Crippen LogP contribution in [0.2, 0.25) is 0 Å². The molecule has 0 fully saturated rings. The van der Waals surface area contributed by atoms with Gasteiger partial charge in [-0.05, 0) is 6.92 Å². The first-order chi connectivity index (χ1) is 3.31. The molecule has 0 unspecified atom stereocenters. The lowest BCUT2D eigenvalue weighted by atomic mass is 10.3. The third-order valence-electron chi connectivity index (χ3n) is 0.529. The summed E-state index contributed by atoms with van der Waals surface area (Å²) in [5.41, 5.74) is 0.579. The third kappa shape index (κ3) is 2.97. The van der Waals surface area contributed by atoms with Gasteiger partial charge >= 0.3 is 0 Å². The van der Waals surface area contributed by atoms with Crippen molar-refractivity contribution < 1.29 is 4.79 Å². The molecule has 1 radical (unpaired) electrons. The molecule has 0 spiro atoms. The van der Waals surface area contributed by atoms with E-state index in [-0.39, 0.29) is 0 Å². The molecule has 0 N–H and O–H groups in total. The quantitative estimate of drug-likeness (QED) is 0.372. The van der Waals surface area contributed by atoms with E-state index in [2.05, 4.69) is 6.58 Å². The van der Waals surface area contributed by atoms with Crippen LogP contribution >= 0.6 is 0 Å². The summed E-state index contributed by atoms with van der Waals surface area (Å²) >= 11 is 0. The Morgan fingerprint density at radius 1 is 1.86 bits per heavy atom. The lowest BCUT2D eigenvalue weighted by Crippen LogP contribution is -1.70. The fourth-order valence-electron chi connectivity index (χ4n) is 0.211. The minimum absolute atomic E-state index is 0.579. The van der Waals surface area contributed by atoms with E-state index in [4.69, 9.17) is 0 Å². The zero-order valence-electron chi connectivity index (χ0n) is 4.27. The van der Waals surface area contributed by atoms with Crippen molar-refractivity contribution in [1.82, 2.24) is 0 Å². The number of hydrogen-bond donors (Lipinski definition) is 0. The summed E-state index contributed by atoms with van der Waals surface area (Å²) < 4.78 is 0. The SMILES string of the molecule is C=C/C=C(\C)[C]=O. The second kappa shape index (κ2) is 3.34. The van der Waals surface area contributed by atoms with Crippen molar-refractivity contribution in [3.63, 3.8) is 0 Å². The van der Waals surface area contributed by atoms with E-state index in [9.17, 15) is 4.79 Å². The van der Waals surface area contributed by atoms with E-state index in [1.807, 2.05) is 0 Å². The highest BCUT2D eigenvalue weighted by atomic mass is 16.1. The Balaban J connectivity index is 3.72. The van der Waals surface area contributed by atoms with Gasteiger partial charge in [-0.15, -0.1) is 0 Å². The Labute approximate surface area is 43.3 Å². The van der Waals surface area contributed by atoms with Crippen LogP contribution in [0.1, 0.15) is 6.92 Å². The average Bonchev–Trinajstić information content (AvgIpc) is 1.68. The lowest BCUT2D eigenvalue weighted by molar-refractivity contribution is 0.562. The van der Waals surface area contributed by atoms with Gasteiger partial charge in [-0.2, -0.15) is 0 Å². The molecule has 0 aromatic heterocycles. The molecule has 0 aromatic carbocycles. The molecule has 0 saturated heterocycles. The van der Waals surface area contributed by atoms with Gasteiger partial charge in [0.05, 0.1) is 0 Å². The Morgan fingerprint density at radius 3 is 2.57 bits per heavy atom. The molecule has 0 rings (SSSR count). The predicted octanol–water partition coefficient (Wildman–Crippen LogP) is 1.23. The fourth-order valence-corrected chi connectivity index (χ4v) is 0.211. The summed E-state index contributed by atoms with van der Waals surface area (Å²) in [6, 6.07) is 0. The first kappa shape index (κ1) is 6.15. The predicted molar refractivity (Wildman–Crippen MR) is 29.6 cm³/mol. The fraction of sp³-hybridized carbons (Fsp3) is 0.167. The van der Waals surface area contributed by atoms with Crippen molar-refractivity contribution in [3.05, 3.63) is 24.3 Å². The molecule has 0 heterocycles. The van der Waals surface area contributed by atoms with Crippen molar-refractivity contribution in [2.75, 3.05) is 0 Å². The smallest absolute Gasteiger partial charge is 0.228 e. The number of rotatable bonds is 2. The summed E-state index contributed by atoms with van der Waals surface area (Å²) in [7, 11) is 0. The van der Waals surface area contributed by atoms with Gasteiger partial charge in [0.15, 0.2) is 0 Å². The van der Waals surface area contributed by atoms with Gasteiger partial charge in [0.25, 0.3) is 0 Å². The molecular formula is C6H7O. The van der Waals surface area contributed by atoms with Crippen LogP contribution in [0.3, 0.4) is 0 Å². The molecule has 37 valence electrons. The van der Waals surface area contributed by atoms with Crippen LogP contribution in [-0.4, -0.2) is 6.29 Å². The van der Waals surface area contributed by atoms with Crippen molar-refractivity contribution in [3.8, 4) is 0 Å². The van der Waals surface area contributed by atoms with Crippen LogP contribution in [0, 0.1) is 0 Å². The average molecular weight is 95.1 g/mol. The first-order valence-corrected chi connectivity index (χ1v) is 1.98. The van der Waals surface area contributed by atoms with Crippen molar-refractivity contribution in [2.45, 2.75) is 6.92 Å². The Hall–Kier alpha value is -0.850. The topological polar surface area (TPSA) is 17.1 Å². The molecule has 0 aliphatic rings. The van der Waals surface area contributed by atoms with Gasteiger partial charge in [0.2, 0.25) is 6.29 Å². The van der Waals surface area contributed by atoms with Gasteiger partial charge in [0.1, 0.15) is 0 Å². The van der Waals surface area contributed by atoms with Crippen molar-refractivity contribution in [2.24, 2.45) is 0 Å². The minimum atomic E-state index is 0.579. The summed E-state index contributed by atoms with van der Waals surface area (Å²) in [6.07, 6.45) is 4.87. The van der Waals surface area contributed by atoms with E-state index < -0.39 is 0 Å². The second-order valence-corrected chi connectivity index (χ2v) is 1.19. The third-order valence-corrected chi connectivity index (χ3v) is 0.529. The maximum absolute atomic E-state index is 9.65. The molecule has 1 nitrogen and oxygen atoms in total. The van der Waals surface area contributed by atoms with Crippen LogP contribution in [-0.2, 0) is 4.79 Å². The largest absolute Gasteiger partial charge is 0.285 e. The van der Waals surface area contributed by atoms with Gasteiger partial charge in [0, 0.05) is 5.57 Å². The normalized spacial score (nSPS) is 10.7. The highest BCUT2D eigenvalue weighted by molar-refractivity contribution is 5.73. The molecule has 0 saturated carbocycles. The van der Waals surface area contributed by atoms with Crippen LogP contribution in [0.5, 0.6) is 0 Å². The first-order valence-electron chi connectivity index (χ1n) is 1.98. The maximum Gasteiger partial charge on any atom is 0.228 e. The zero-order valence-corrected chi connectivity index (χ0v) is 4.27. The monoisotopic (exact) mass is 95.0 g/mol. The minimum Gasteiger partial charge on any atom is -0.285 e. The van der Waals surface area contributed by atoms with Gasteiger partial charge in [-0.1, -0.05) is 18.7 Å². The second-order valence-electron chi connectivity index (χ2n) is 1.19. The molecule has 0 amide bonds. The van der Waals surface area contributed by atoms with Gasteiger partial charge in [-0.3, -0.25) is 4.79 Å². The van der Waals surface area contributed by atoms with Gasteiger partial charge in [-0.25, -0.2) is 0 Å². The highest BCUT2D eigenvalue weighted by Gasteiger charge is 1.76. The molecule has 0 bridgehead atoms. The molecule has 0 aliphatic heterocycles. The zero-order chi connectivity index (χ0) is 5.70. The van der Waals surface area contributed by atoms with Gasteiger partial charge < -0.3 is 0 Å². The van der Waals surface area contributed by atoms with E-state index in [1.165, 1.54) is 0 Å². The maximum atomic E-state index is 9.65. The number of carbonyl (C=O) groups excluding carboxylic acids is 1. The molecule has 1 heteroatoms. The van der Waals surface area contributed by atoms with Crippen molar-refractivity contribution >= 4 is 6.29 Å². The lowest BCUT2D eigenvalue weighted by Gasteiger charge is -1.73. The molecule has 7 heavy (non-hydrogen) atoms. The molecule has 0 atom stereocenters. The van der Waals surface area contributed by atoms with E-state index in [1.54, 1.807) is 25.4 Å². The molecular weight excluding hydrogens is 88.1 g/mol. The summed E-state index contributed by atoms with van der Waals surface area (Å²) in [5.74, 6) is 0. The number of hydrogen-bond acceptors (Lipinski definition) is 1. The molecule has 0 aliphatic carbocycles. The van der Waals surface area contributed by atoms with Crippen LogP contribution in [0.15, 0.2) is 24.3 Å². The van der Waals surface area contributed by atoms with Crippen LogP contribution in [0.25, 0.3) is 0 Å². The standard InChI is InChI=1S/C6H7O/c1-3-4-6(2)5-7/h3-4H,1H2,2H3/b6-4+. The molecule has 0 aromatic rings. The Morgan fingerprint density at radius 2 is 2.43 bits per heavy atom. The Kier molecular flexibility index (Phi) is 2.94. The van der Waals surface area contributed by atoms with E-state index >= 15 is 0 Å². The number of allylic oxidation sites excluding steroid dienone is 3. The van der Waals surface area contributed by atoms with Crippen LogP contribution in [0.4, 0.5) is 0 Å². The summed E-state index contributed by atoms with van der Waals surface area (Å²) in [5, 5.41) is 0. The highest BCUT2D eigenvalue weighted by Crippen LogP contribution is 1.83.